The Balaban J connectivity index is 3.01. The van der Waals surface area contributed by atoms with E-state index in [0.717, 1.165) is 0 Å². The van der Waals surface area contributed by atoms with Gasteiger partial charge in [-0.2, -0.15) is 0 Å². The van der Waals surface area contributed by atoms with E-state index in [2.05, 4.69) is 9.72 Å². The molecule has 48 valence electrons. The summed E-state index contributed by atoms with van der Waals surface area (Å²) in [6.07, 6.45) is 1.44. The highest BCUT2D eigenvalue weighted by molar-refractivity contribution is 5.29. The zero-order valence-electron chi connectivity index (χ0n) is 5.00. The lowest BCUT2D eigenvalue weighted by Gasteiger charge is -2.07. The Labute approximate surface area is 52.9 Å². The van der Waals surface area contributed by atoms with Crippen molar-refractivity contribution in [3.63, 3.8) is 0 Å². The van der Waals surface area contributed by atoms with E-state index >= 15 is 0 Å². The molecule has 0 amide bonds. The lowest BCUT2D eigenvalue weighted by atomic mass is 10.4. The van der Waals surface area contributed by atoms with E-state index in [1.807, 2.05) is 0 Å². The fourth-order valence-electron chi connectivity index (χ4n) is 0.531. The molecule has 1 heterocycles. The molecule has 0 spiro atoms. The first-order valence-electron chi connectivity index (χ1n) is 2.50. The number of rotatable bonds is 1. The fourth-order valence-corrected chi connectivity index (χ4v) is 0.531. The van der Waals surface area contributed by atoms with Gasteiger partial charge in [0, 0.05) is 12.1 Å². The quantitative estimate of drug-likeness (QED) is 0.535. The molecule has 0 N–H and O–H groups in total. The number of aromatic nitrogens is 1. The zero-order chi connectivity index (χ0) is 6.69. The molecule has 1 rings (SSSR count). The van der Waals surface area contributed by atoms with Gasteiger partial charge in [0.05, 0.1) is 7.11 Å². The molecule has 0 aromatic carbocycles. The number of pyridine rings is 1. The molecule has 0 unspecified atom stereocenters. The molecule has 0 aliphatic carbocycles. The van der Waals surface area contributed by atoms with Crippen LogP contribution in [0.4, 0.5) is 0 Å². The minimum absolute atomic E-state index is 0.289. The second-order valence-corrected chi connectivity index (χ2v) is 1.51. The van der Waals surface area contributed by atoms with Crippen molar-refractivity contribution in [3.8, 4) is 11.6 Å². The summed E-state index contributed by atoms with van der Waals surface area (Å²) in [6, 6.07) is 3.23. The number of ether oxygens (including phenoxy) is 1. The van der Waals surface area contributed by atoms with Gasteiger partial charge in [-0.1, -0.05) is 0 Å². The lowest BCUT2D eigenvalue weighted by Crippen LogP contribution is -1.96. The smallest absolute Gasteiger partial charge is 0.129 e. The van der Waals surface area contributed by atoms with Gasteiger partial charge in [-0.3, -0.25) is 4.98 Å². The van der Waals surface area contributed by atoms with Crippen molar-refractivity contribution >= 4 is 0 Å². The van der Waals surface area contributed by atoms with E-state index in [-0.39, 0.29) is 11.6 Å². The fraction of sp³-hybridized carbons (Fsp3) is 0.167. The summed E-state index contributed by atoms with van der Waals surface area (Å²) in [7, 11) is 1.44. The van der Waals surface area contributed by atoms with Crippen molar-refractivity contribution in [2.45, 2.75) is 0 Å². The van der Waals surface area contributed by atoms with E-state index in [1.165, 1.54) is 13.3 Å². The van der Waals surface area contributed by atoms with Crippen LogP contribution < -0.4 is 9.84 Å². The zero-order valence-corrected chi connectivity index (χ0v) is 5.00. The van der Waals surface area contributed by atoms with Crippen LogP contribution in [0.15, 0.2) is 18.3 Å². The molecule has 3 nitrogen and oxygen atoms in total. The molecule has 0 saturated heterocycles. The Morgan fingerprint density at radius 3 is 2.89 bits per heavy atom. The third kappa shape index (κ3) is 1.10. The standard InChI is InChI=1S/C6H7NO2/c1-9-5-3-2-4-7-6(5)8/h2-4H,1H3,(H,7,8)/p-1. The van der Waals surface area contributed by atoms with E-state index in [9.17, 15) is 5.11 Å². The van der Waals surface area contributed by atoms with Crippen molar-refractivity contribution in [3.05, 3.63) is 18.3 Å². The van der Waals surface area contributed by atoms with Crippen LogP contribution in [-0.4, -0.2) is 12.1 Å². The molecule has 0 saturated carbocycles. The first-order chi connectivity index (χ1) is 4.34. The van der Waals surface area contributed by atoms with Gasteiger partial charge in [-0.05, 0) is 12.1 Å². The van der Waals surface area contributed by atoms with Crippen LogP contribution in [0.3, 0.4) is 0 Å². The number of hydrogen-bond acceptors (Lipinski definition) is 3. The van der Waals surface area contributed by atoms with Crippen molar-refractivity contribution in [2.75, 3.05) is 7.11 Å². The van der Waals surface area contributed by atoms with Crippen LogP contribution in [0, 0.1) is 0 Å². The van der Waals surface area contributed by atoms with E-state index in [1.54, 1.807) is 12.1 Å². The van der Waals surface area contributed by atoms with Gasteiger partial charge in [0.15, 0.2) is 0 Å². The van der Waals surface area contributed by atoms with Crippen molar-refractivity contribution in [2.24, 2.45) is 0 Å². The van der Waals surface area contributed by atoms with Crippen LogP contribution in [-0.2, 0) is 0 Å². The van der Waals surface area contributed by atoms with Crippen LogP contribution in [0.1, 0.15) is 0 Å². The molecule has 0 atom stereocenters. The maximum absolute atomic E-state index is 10.6. The van der Waals surface area contributed by atoms with E-state index in [0.29, 0.717) is 0 Å². The molecule has 1 aromatic heterocycles. The average molecular weight is 124 g/mol. The molecule has 0 fully saturated rings. The summed E-state index contributed by atoms with van der Waals surface area (Å²) in [5.74, 6) is -0.0301. The second-order valence-electron chi connectivity index (χ2n) is 1.51. The van der Waals surface area contributed by atoms with Crippen molar-refractivity contribution in [1.82, 2.24) is 4.98 Å². The van der Waals surface area contributed by atoms with Crippen LogP contribution in [0.5, 0.6) is 11.6 Å². The van der Waals surface area contributed by atoms with Gasteiger partial charge >= 0.3 is 0 Å². The van der Waals surface area contributed by atoms with Crippen LogP contribution in [0.25, 0.3) is 0 Å². The van der Waals surface area contributed by atoms with E-state index in [4.69, 9.17) is 0 Å². The Morgan fingerprint density at radius 2 is 2.44 bits per heavy atom. The minimum Gasteiger partial charge on any atom is -0.856 e. The molecule has 9 heavy (non-hydrogen) atoms. The molecule has 0 radical (unpaired) electrons. The summed E-state index contributed by atoms with van der Waals surface area (Å²) in [6.45, 7) is 0. The molecule has 1 aromatic rings. The predicted molar refractivity (Wildman–Crippen MR) is 30.2 cm³/mol. The molecule has 0 aliphatic rings. The molecular formula is C6H6NO2-. The topological polar surface area (TPSA) is 45.2 Å². The Morgan fingerprint density at radius 1 is 1.67 bits per heavy atom. The summed E-state index contributed by atoms with van der Waals surface area (Å²) in [4.78, 5) is 3.47. The second kappa shape index (κ2) is 2.35. The number of methoxy groups -OCH3 is 1. The number of nitrogens with zero attached hydrogens (tertiary/aromatic N) is 1. The first-order valence-corrected chi connectivity index (χ1v) is 2.50. The number of hydrogen-bond donors (Lipinski definition) is 0. The lowest BCUT2D eigenvalue weighted by molar-refractivity contribution is -0.276. The third-order valence-corrected chi connectivity index (χ3v) is 0.956. The first kappa shape index (κ1) is 5.88. The molecule has 0 aliphatic heterocycles. The summed E-state index contributed by atoms with van der Waals surface area (Å²) in [5.41, 5.74) is 0. The summed E-state index contributed by atoms with van der Waals surface area (Å²) < 4.78 is 4.67. The van der Waals surface area contributed by atoms with Gasteiger partial charge < -0.3 is 9.84 Å². The summed E-state index contributed by atoms with van der Waals surface area (Å²) in [5, 5.41) is 10.6. The van der Waals surface area contributed by atoms with Gasteiger partial charge in [0.1, 0.15) is 5.75 Å². The van der Waals surface area contributed by atoms with E-state index < -0.39 is 0 Å². The maximum Gasteiger partial charge on any atom is 0.129 e. The average Bonchev–Trinajstić information content (AvgIpc) is 1.89. The molecular weight excluding hydrogens is 118 g/mol. The highest BCUT2D eigenvalue weighted by Crippen LogP contribution is 2.16. The van der Waals surface area contributed by atoms with Crippen molar-refractivity contribution in [1.29, 1.82) is 0 Å². The molecule has 3 heteroatoms. The Kier molecular flexibility index (Phi) is 1.53. The highest BCUT2D eigenvalue weighted by Gasteiger charge is 1.87. The Hall–Kier alpha value is -1.25. The van der Waals surface area contributed by atoms with Crippen LogP contribution >= 0.6 is 0 Å². The molecule has 0 bridgehead atoms. The monoisotopic (exact) mass is 124 g/mol. The Bertz CT molecular complexity index is 200. The normalized spacial score (nSPS) is 9.00. The highest BCUT2D eigenvalue weighted by atomic mass is 16.5. The van der Waals surface area contributed by atoms with Gasteiger partial charge in [-0.25, -0.2) is 0 Å². The predicted octanol–water partition coefficient (Wildman–Crippen LogP) is 0.164. The largest absolute Gasteiger partial charge is 0.856 e. The van der Waals surface area contributed by atoms with Crippen molar-refractivity contribution < 1.29 is 9.84 Å². The van der Waals surface area contributed by atoms with Gasteiger partial charge in [-0.15, -0.1) is 0 Å². The third-order valence-electron chi connectivity index (χ3n) is 0.956. The SMILES string of the molecule is COc1cccnc1[O-]. The minimum atomic E-state index is -0.319. The van der Waals surface area contributed by atoms with Gasteiger partial charge in [0.2, 0.25) is 0 Å². The summed E-state index contributed by atoms with van der Waals surface area (Å²) >= 11 is 0. The van der Waals surface area contributed by atoms with Gasteiger partial charge in [0.25, 0.3) is 0 Å². The maximum atomic E-state index is 10.6. The van der Waals surface area contributed by atoms with Crippen LogP contribution in [0.2, 0.25) is 0 Å².